The van der Waals surface area contributed by atoms with E-state index in [1.807, 2.05) is 0 Å². The van der Waals surface area contributed by atoms with Gasteiger partial charge in [0.2, 0.25) is 0 Å². The molecular weight excluding hydrogens is 156 g/mol. The molecule has 0 aromatic rings. The van der Waals surface area contributed by atoms with E-state index in [1.54, 1.807) is 5.57 Å². The van der Waals surface area contributed by atoms with Crippen LogP contribution < -0.4 is 0 Å². The van der Waals surface area contributed by atoms with Crippen molar-refractivity contribution < 1.29 is 0 Å². The van der Waals surface area contributed by atoms with Crippen molar-refractivity contribution >= 4 is 0 Å². The van der Waals surface area contributed by atoms with Gasteiger partial charge in [-0.05, 0) is 30.6 Å². The predicted octanol–water partition coefficient (Wildman–Crippen LogP) is 3.72. The van der Waals surface area contributed by atoms with Gasteiger partial charge in [0.15, 0.2) is 0 Å². The molecule has 0 N–H and O–H groups in total. The second kappa shape index (κ2) is 3.53. The van der Waals surface area contributed by atoms with Crippen molar-refractivity contribution in [2.24, 2.45) is 17.8 Å². The van der Waals surface area contributed by atoms with E-state index in [9.17, 15) is 0 Å². The molecular formula is C13H18. The van der Waals surface area contributed by atoms with E-state index in [1.165, 1.54) is 12.8 Å². The Morgan fingerprint density at radius 3 is 2.54 bits per heavy atom. The Balaban J connectivity index is 2.12. The molecule has 2 rings (SSSR count). The molecule has 2 unspecified atom stereocenters. The van der Waals surface area contributed by atoms with Crippen LogP contribution in [0, 0.1) is 17.8 Å². The lowest BCUT2D eigenvalue weighted by molar-refractivity contribution is 0.428. The van der Waals surface area contributed by atoms with Gasteiger partial charge in [-0.1, -0.05) is 49.8 Å². The quantitative estimate of drug-likeness (QED) is 0.531. The Bertz CT molecular complexity index is 266. The third-order valence-corrected chi connectivity index (χ3v) is 3.24. The summed E-state index contributed by atoms with van der Waals surface area (Å²) in [7, 11) is 0. The highest BCUT2D eigenvalue weighted by Gasteiger charge is 2.23. The van der Waals surface area contributed by atoms with Crippen LogP contribution in [-0.2, 0) is 0 Å². The van der Waals surface area contributed by atoms with E-state index in [2.05, 4.69) is 44.2 Å². The summed E-state index contributed by atoms with van der Waals surface area (Å²) in [5.41, 5.74) is 1.65. The predicted molar refractivity (Wildman–Crippen MR) is 57.4 cm³/mol. The van der Waals surface area contributed by atoms with Gasteiger partial charge in [0.1, 0.15) is 0 Å². The summed E-state index contributed by atoms with van der Waals surface area (Å²) in [6.45, 7) is 4.60. The van der Waals surface area contributed by atoms with Crippen molar-refractivity contribution in [3.05, 3.63) is 36.0 Å². The van der Waals surface area contributed by atoms with E-state index >= 15 is 0 Å². The summed E-state index contributed by atoms with van der Waals surface area (Å²) in [6, 6.07) is 0. The summed E-state index contributed by atoms with van der Waals surface area (Å²) in [5.74, 6) is 2.31. The number of rotatable bonds is 1. The maximum Gasteiger partial charge on any atom is -0.0127 e. The highest BCUT2D eigenvalue weighted by atomic mass is 14.3. The van der Waals surface area contributed by atoms with E-state index in [-0.39, 0.29) is 0 Å². The third-order valence-electron chi connectivity index (χ3n) is 3.24. The first kappa shape index (κ1) is 8.80. The molecule has 0 saturated heterocycles. The van der Waals surface area contributed by atoms with Gasteiger partial charge >= 0.3 is 0 Å². The summed E-state index contributed by atoms with van der Waals surface area (Å²) >= 11 is 0. The van der Waals surface area contributed by atoms with Gasteiger partial charge in [-0.2, -0.15) is 0 Å². The Labute approximate surface area is 81.0 Å². The van der Waals surface area contributed by atoms with E-state index in [4.69, 9.17) is 0 Å². The molecule has 0 aromatic heterocycles. The molecule has 0 nitrogen and oxygen atoms in total. The molecule has 0 aromatic carbocycles. The smallest absolute Gasteiger partial charge is 0.0127 e. The first-order valence-corrected chi connectivity index (χ1v) is 5.31. The molecule has 13 heavy (non-hydrogen) atoms. The minimum absolute atomic E-state index is 0.736. The van der Waals surface area contributed by atoms with Crippen LogP contribution in [0.5, 0.6) is 0 Å². The topological polar surface area (TPSA) is 0 Å². The summed E-state index contributed by atoms with van der Waals surface area (Å²) in [5, 5.41) is 0. The first-order chi connectivity index (χ1) is 6.27. The lowest BCUT2D eigenvalue weighted by atomic mass is 9.75. The second-order valence-corrected chi connectivity index (χ2v) is 4.47. The molecule has 0 heterocycles. The van der Waals surface area contributed by atoms with Gasteiger partial charge in [-0.25, -0.2) is 0 Å². The minimum Gasteiger partial charge on any atom is -0.0844 e. The van der Waals surface area contributed by atoms with Gasteiger partial charge in [-0.15, -0.1) is 0 Å². The monoisotopic (exact) mass is 174 g/mol. The normalized spacial score (nSPS) is 31.8. The van der Waals surface area contributed by atoms with Crippen LogP contribution in [-0.4, -0.2) is 0 Å². The average Bonchev–Trinajstić information content (AvgIpc) is 2.17. The Kier molecular flexibility index (Phi) is 2.39. The zero-order valence-corrected chi connectivity index (χ0v) is 8.53. The molecule has 0 saturated carbocycles. The van der Waals surface area contributed by atoms with Crippen molar-refractivity contribution in [2.75, 3.05) is 0 Å². The molecule has 0 heteroatoms. The fourth-order valence-corrected chi connectivity index (χ4v) is 2.29. The van der Waals surface area contributed by atoms with Crippen LogP contribution in [0.1, 0.15) is 26.7 Å². The summed E-state index contributed by atoms with van der Waals surface area (Å²) in [4.78, 5) is 0. The SMILES string of the molecule is CC(C)C1=CCC2C=CC=CC2C1. The first-order valence-electron chi connectivity index (χ1n) is 5.31. The molecule has 0 aliphatic heterocycles. The van der Waals surface area contributed by atoms with Gasteiger partial charge in [0.25, 0.3) is 0 Å². The van der Waals surface area contributed by atoms with Crippen molar-refractivity contribution in [1.29, 1.82) is 0 Å². The van der Waals surface area contributed by atoms with E-state index < -0.39 is 0 Å². The highest BCUT2D eigenvalue weighted by Crippen LogP contribution is 2.36. The van der Waals surface area contributed by atoms with E-state index in [0.717, 1.165) is 17.8 Å². The van der Waals surface area contributed by atoms with Crippen LogP contribution in [0.25, 0.3) is 0 Å². The zero-order valence-electron chi connectivity index (χ0n) is 8.53. The summed E-state index contributed by atoms with van der Waals surface area (Å²) in [6.07, 6.45) is 14.1. The van der Waals surface area contributed by atoms with Gasteiger partial charge < -0.3 is 0 Å². The fourth-order valence-electron chi connectivity index (χ4n) is 2.29. The standard InChI is InChI=1S/C13H18/c1-10(2)12-8-7-11-5-3-4-6-13(11)9-12/h3-6,8,10-11,13H,7,9H2,1-2H3. The van der Waals surface area contributed by atoms with Crippen molar-refractivity contribution in [3.63, 3.8) is 0 Å². The highest BCUT2D eigenvalue weighted by molar-refractivity contribution is 5.22. The maximum absolute atomic E-state index is 2.45. The van der Waals surface area contributed by atoms with Crippen LogP contribution in [0.4, 0.5) is 0 Å². The van der Waals surface area contributed by atoms with Crippen molar-refractivity contribution in [2.45, 2.75) is 26.7 Å². The average molecular weight is 174 g/mol. The molecule has 0 bridgehead atoms. The molecule has 2 atom stereocenters. The lowest BCUT2D eigenvalue weighted by Gasteiger charge is -2.30. The lowest BCUT2D eigenvalue weighted by Crippen LogP contribution is -2.18. The Morgan fingerprint density at radius 2 is 1.85 bits per heavy atom. The van der Waals surface area contributed by atoms with Crippen LogP contribution in [0.3, 0.4) is 0 Å². The van der Waals surface area contributed by atoms with Crippen LogP contribution in [0.15, 0.2) is 36.0 Å². The third kappa shape index (κ3) is 1.77. The number of allylic oxidation sites excluding steroid dienone is 6. The van der Waals surface area contributed by atoms with Crippen LogP contribution >= 0.6 is 0 Å². The minimum atomic E-state index is 0.736. The fraction of sp³-hybridized carbons (Fsp3) is 0.538. The Hall–Kier alpha value is -0.780. The summed E-state index contributed by atoms with van der Waals surface area (Å²) < 4.78 is 0. The van der Waals surface area contributed by atoms with Crippen molar-refractivity contribution in [3.8, 4) is 0 Å². The molecule has 0 amide bonds. The maximum atomic E-state index is 2.45. The number of hydrogen-bond acceptors (Lipinski definition) is 0. The van der Waals surface area contributed by atoms with Crippen molar-refractivity contribution in [1.82, 2.24) is 0 Å². The van der Waals surface area contributed by atoms with Crippen LogP contribution in [0.2, 0.25) is 0 Å². The largest absolute Gasteiger partial charge is 0.0844 e. The van der Waals surface area contributed by atoms with E-state index in [0.29, 0.717) is 0 Å². The molecule has 0 spiro atoms. The van der Waals surface area contributed by atoms with Gasteiger partial charge in [0.05, 0.1) is 0 Å². The number of hydrogen-bond donors (Lipinski definition) is 0. The van der Waals surface area contributed by atoms with Gasteiger partial charge in [-0.3, -0.25) is 0 Å². The molecule has 70 valence electrons. The molecule has 0 fully saturated rings. The Morgan fingerprint density at radius 1 is 1.15 bits per heavy atom. The van der Waals surface area contributed by atoms with Gasteiger partial charge in [0, 0.05) is 0 Å². The number of fused-ring (bicyclic) bond motifs is 1. The second-order valence-electron chi connectivity index (χ2n) is 4.47. The molecule has 0 radical (unpaired) electrons. The zero-order chi connectivity index (χ0) is 9.26. The molecule has 2 aliphatic rings. The molecule has 2 aliphatic carbocycles.